The number of thiophene rings is 1. The fourth-order valence-electron chi connectivity index (χ4n) is 5.39. The van der Waals surface area contributed by atoms with E-state index in [0.29, 0.717) is 12.5 Å². The van der Waals surface area contributed by atoms with Gasteiger partial charge >= 0.3 is 0 Å². The molecule has 0 bridgehead atoms. The van der Waals surface area contributed by atoms with Crippen molar-refractivity contribution in [1.82, 2.24) is 15.1 Å². The first-order valence-corrected chi connectivity index (χ1v) is 13.4. The summed E-state index contributed by atoms with van der Waals surface area (Å²) in [6, 6.07) is 12.3. The smallest absolute Gasteiger partial charge is 0.229 e. The van der Waals surface area contributed by atoms with Gasteiger partial charge in [0.15, 0.2) is 0 Å². The number of methoxy groups -OCH3 is 1. The quantitative estimate of drug-likeness (QED) is 0.582. The Labute approximate surface area is 206 Å². The van der Waals surface area contributed by atoms with Crippen LogP contribution in [-0.2, 0) is 16.1 Å². The van der Waals surface area contributed by atoms with E-state index in [1.807, 2.05) is 29.2 Å². The summed E-state index contributed by atoms with van der Waals surface area (Å²) in [5.74, 6) is 1.61. The number of nitrogens with one attached hydrogen (secondary N) is 1. The first-order chi connectivity index (χ1) is 16.6. The molecule has 2 saturated heterocycles. The van der Waals surface area contributed by atoms with Crippen LogP contribution >= 0.6 is 11.3 Å². The molecule has 1 aliphatic carbocycles. The van der Waals surface area contributed by atoms with Crippen LogP contribution in [0.15, 0.2) is 41.8 Å². The van der Waals surface area contributed by atoms with E-state index in [-0.39, 0.29) is 23.3 Å². The highest BCUT2D eigenvalue weighted by molar-refractivity contribution is 7.10. The lowest BCUT2D eigenvalue weighted by molar-refractivity contribution is -0.139. The molecule has 182 valence electrons. The number of carbonyl (C=O) groups is 2. The molecule has 6 nitrogen and oxygen atoms in total. The van der Waals surface area contributed by atoms with Crippen molar-refractivity contribution in [1.29, 1.82) is 0 Å². The molecule has 2 aliphatic heterocycles. The number of nitrogens with zero attached hydrogens (tertiary/aromatic N) is 2. The zero-order valence-electron chi connectivity index (χ0n) is 20.0. The summed E-state index contributed by atoms with van der Waals surface area (Å²) in [6.45, 7) is 4.38. The Bertz CT molecular complexity index is 979. The Balaban J connectivity index is 1.12. The summed E-state index contributed by atoms with van der Waals surface area (Å²) in [5.41, 5.74) is 0.965. The summed E-state index contributed by atoms with van der Waals surface area (Å²) >= 11 is 1.72. The Hall–Kier alpha value is -2.38. The number of amides is 2. The lowest BCUT2D eigenvalue weighted by atomic mass is 9.77. The maximum Gasteiger partial charge on any atom is 0.229 e. The molecule has 1 atom stereocenters. The van der Waals surface area contributed by atoms with Crippen molar-refractivity contribution >= 4 is 23.2 Å². The zero-order chi connectivity index (χ0) is 23.5. The van der Waals surface area contributed by atoms with Gasteiger partial charge < -0.3 is 19.9 Å². The maximum atomic E-state index is 13.4. The van der Waals surface area contributed by atoms with E-state index in [4.69, 9.17) is 4.74 Å². The van der Waals surface area contributed by atoms with Crippen molar-refractivity contribution in [2.45, 2.75) is 51.1 Å². The van der Waals surface area contributed by atoms with Gasteiger partial charge in [-0.2, -0.15) is 0 Å². The highest BCUT2D eigenvalue weighted by Gasteiger charge is 2.47. The highest BCUT2D eigenvalue weighted by atomic mass is 32.1. The first-order valence-electron chi connectivity index (χ1n) is 12.5. The Morgan fingerprint density at radius 1 is 1.15 bits per heavy atom. The van der Waals surface area contributed by atoms with Gasteiger partial charge in [0.25, 0.3) is 0 Å². The number of benzene rings is 1. The molecule has 34 heavy (non-hydrogen) atoms. The van der Waals surface area contributed by atoms with E-state index in [2.05, 4.69) is 27.7 Å². The minimum absolute atomic E-state index is 0.0945. The second-order valence-electron chi connectivity index (χ2n) is 10.1. The van der Waals surface area contributed by atoms with Gasteiger partial charge in [-0.15, -0.1) is 11.3 Å². The number of ether oxygens (including phenoxy) is 1. The molecule has 1 spiro atoms. The Morgan fingerprint density at radius 3 is 2.53 bits per heavy atom. The lowest BCUT2D eigenvalue weighted by Gasteiger charge is -2.38. The predicted octanol–water partition coefficient (Wildman–Crippen LogP) is 4.23. The molecule has 2 aromatic rings. The van der Waals surface area contributed by atoms with Crippen LogP contribution in [0.2, 0.25) is 0 Å². The first kappa shape index (κ1) is 23.4. The molecule has 7 heteroatoms. The minimum atomic E-state index is -0.184. The summed E-state index contributed by atoms with van der Waals surface area (Å²) in [6.07, 6.45) is 5.81. The van der Waals surface area contributed by atoms with Gasteiger partial charge in [-0.3, -0.25) is 9.59 Å². The van der Waals surface area contributed by atoms with Gasteiger partial charge in [-0.05, 0) is 80.8 Å². The second-order valence-corrected chi connectivity index (χ2v) is 11.1. The fourth-order valence-corrected chi connectivity index (χ4v) is 6.20. The molecule has 3 fully saturated rings. The number of hydrogen-bond donors (Lipinski definition) is 1. The molecule has 1 aromatic carbocycles. The van der Waals surface area contributed by atoms with Crippen molar-refractivity contribution in [3.63, 3.8) is 0 Å². The number of rotatable bonds is 9. The fraction of sp³-hybridized carbons (Fsp3) is 0.556. The van der Waals surface area contributed by atoms with E-state index in [1.54, 1.807) is 18.4 Å². The van der Waals surface area contributed by atoms with Crippen molar-refractivity contribution < 1.29 is 14.3 Å². The molecule has 1 saturated carbocycles. The molecule has 0 radical (unpaired) electrons. The number of likely N-dealkylation sites (tertiary alicyclic amines) is 2. The van der Waals surface area contributed by atoms with Crippen molar-refractivity contribution in [3.8, 4) is 5.75 Å². The van der Waals surface area contributed by atoms with Crippen LogP contribution in [0.3, 0.4) is 0 Å². The molecular formula is C27H35N3O3S. The largest absolute Gasteiger partial charge is 0.497 e. The molecule has 3 heterocycles. The normalized spacial score (nSPS) is 21.1. The van der Waals surface area contributed by atoms with Gasteiger partial charge in [0.1, 0.15) is 5.75 Å². The van der Waals surface area contributed by atoms with Crippen LogP contribution in [0.25, 0.3) is 0 Å². The highest BCUT2D eigenvalue weighted by Crippen LogP contribution is 2.42. The molecule has 2 amide bonds. The summed E-state index contributed by atoms with van der Waals surface area (Å²) in [4.78, 5) is 31.5. The lowest BCUT2D eigenvalue weighted by Crippen LogP contribution is -2.45. The number of carbonyl (C=O) groups excluding carboxylic acids is 2. The summed E-state index contributed by atoms with van der Waals surface area (Å²) in [5, 5.41) is 5.37. The number of piperidine rings is 1. The summed E-state index contributed by atoms with van der Waals surface area (Å²) < 4.78 is 5.24. The molecule has 5 rings (SSSR count). The van der Waals surface area contributed by atoms with E-state index < -0.39 is 0 Å². The van der Waals surface area contributed by atoms with Crippen LogP contribution in [0.4, 0.5) is 0 Å². The van der Waals surface area contributed by atoms with E-state index in [9.17, 15) is 9.59 Å². The van der Waals surface area contributed by atoms with Gasteiger partial charge in [-0.1, -0.05) is 18.2 Å². The van der Waals surface area contributed by atoms with Crippen LogP contribution in [-0.4, -0.2) is 54.9 Å². The van der Waals surface area contributed by atoms with Crippen LogP contribution in [0.1, 0.15) is 55.0 Å². The maximum absolute atomic E-state index is 13.4. The van der Waals surface area contributed by atoms with Gasteiger partial charge in [0, 0.05) is 30.4 Å². The SMILES string of the molecule is COc1ccc(CN2CCC3(CCN(CCC(NC(=O)C4CC4)c4cccs4)CC3)C2=O)cc1. The third kappa shape index (κ3) is 5.15. The van der Waals surface area contributed by atoms with Crippen LogP contribution in [0, 0.1) is 11.3 Å². The second kappa shape index (κ2) is 10.1. The van der Waals surface area contributed by atoms with Crippen molar-refractivity contribution in [3.05, 3.63) is 52.2 Å². The molecule has 1 unspecified atom stereocenters. The average Bonchev–Trinajstić information content (AvgIpc) is 3.51. The van der Waals surface area contributed by atoms with Gasteiger partial charge in [0.2, 0.25) is 11.8 Å². The van der Waals surface area contributed by atoms with Crippen LogP contribution < -0.4 is 10.1 Å². The van der Waals surface area contributed by atoms with Gasteiger partial charge in [0.05, 0.1) is 18.6 Å². The van der Waals surface area contributed by atoms with Crippen molar-refractivity contribution in [2.75, 3.05) is 33.3 Å². The van der Waals surface area contributed by atoms with Gasteiger partial charge in [-0.25, -0.2) is 0 Å². The molecular weight excluding hydrogens is 446 g/mol. The van der Waals surface area contributed by atoms with E-state index in [0.717, 1.165) is 76.0 Å². The monoisotopic (exact) mass is 481 g/mol. The summed E-state index contributed by atoms with van der Waals surface area (Å²) in [7, 11) is 1.67. The Kier molecular flexibility index (Phi) is 6.93. The standard InChI is InChI=1S/C27H35N3O3S/c1-33-22-8-4-20(5-9-22)19-30-17-13-27(26(30)32)11-15-29(16-12-27)14-10-23(24-3-2-18-34-24)28-25(31)21-6-7-21/h2-5,8-9,18,21,23H,6-7,10-17,19H2,1H3,(H,28,31). The molecule has 1 aromatic heterocycles. The third-order valence-electron chi connectivity index (χ3n) is 7.83. The predicted molar refractivity (Wildman–Crippen MR) is 134 cm³/mol. The minimum Gasteiger partial charge on any atom is -0.497 e. The molecule has 3 aliphatic rings. The number of hydrogen-bond acceptors (Lipinski definition) is 5. The van der Waals surface area contributed by atoms with Crippen molar-refractivity contribution in [2.24, 2.45) is 11.3 Å². The third-order valence-corrected chi connectivity index (χ3v) is 8.82. The molecule has 1 N–H and O–H groups in total. The van der Waals surface area contributed by atoms with E-state index in [1.165, 1.54) is 4.88 Å². The Morgan fingerprint density at radius 2 is 1.88 bits per heavy atom. The average molecular weight is 482 g/mol. The van der Waals surface area contributed by atoms with E-state index >= 15 is 0 Å². The zero-order valence-corrected chi connectivity index (χ0v) is 20.8. The topological polar surface area (TPSA) is 61.9 Å². The van der Waals surface area contributed by atoms with Crippen LogP contribution in [0.5, 0.6) is 5.75 Å².